The summed E-state index contributed by atoms with van der Waals surface area (Å²) in [5, 5.41) is 2.82. The fraction of sp³-hybridized carbons (Fsp3) is 0.136. The minimum atomic E-state index is -3.64. The number of amides is 1. The average Bonchev–Trinajstić information content (AvgIpc) is 2.74. The number of carbonyl (C=O) groups is 1. The standard InChI is InChI=1S/C22H22N2O4S2/c1-16-7-13-19(14-8-16)30(26,27)24-17-9-11-18(12-10-17)29-15-22(25)23-20-5-3-4-6-21(20)28-2/h3-14,24H,15H2,1-2H3,(H,23,25). The summed E-state index contributed by atoms with van der Waals surface area (Å²) in [6.45, 7) is 1.90. The van der Waals surface area contributed by atoms with Crippen molar-refractivity contribution in [1.82, 2.24) is 0 Å². The summed E-state index contributed by atoms with van der Waals surface area (Å²) in [4.78, 5) is 13.3. The van der Waals surface area contributed by atoms with Gasteiger partial charge in [-0.2, -0.15) is 0 Å². The van der Waals surface area contributed by atoms with Crippen LogP contribution in [0.2, 0.25) is 0 Å². The summed E-state index contributed by atoms with van der Waals surface area (Å²) in [6, 6.07) is 20.7. The second-order valence-electron chi connectivity index (χ2n) is 6.48. The van der Waals surface area contributed by atoms with Crippen LogP contribution < -0.4 is 14.8 Å². The van der Waals surface area contributed by atoms with Crippen molar-refractivity contribution < 1.29 is 17.9 Å². The first-order valence-electron chi connectivity index (χ1n) is 9.12. The van der Waals surface area contributed by atoms with Gasteiger partial charge >= 0.3 is 0 Å². The number of hydrogen-bond donors (Lipinski definition) is 2. The van der Waals surface area contributed by atoms with Gasteiger partial charge in [0.1, 0.15) is 5.75 Å². The number of sulfonamides is 1. The third kappa shape index (κ3) is 5.77. The lowest BCUT2D eigenvalue weighted by Crippen LogP contribution is -2.14. The number of rotatable bonds is 8. The molecule has 156 valence electrons. The smallest absolute Gasteiger partial charge is 0.261 e. The van der Waals surface area contributed by atoms with E-state index in [1.165, 1.54) is 11.8 Å². The number of hydrogen-bond acceptors (Lipinski definition) is 5. The number of nitrogens with one attached hydrogen (secondary N) is 2. The van der Waals surface area contributed by atoms with Gasteiger partial charge in [0.25, 0.3) is 10.0 Å². The average molecular weight is 443 g/mol. The number of benzene rings is 3. The van der Waals surface area contributed by atoms with Gasteiger partial charge in [-0.05, 0) is 55.5 Å². The molecule has 0 radical (unpaired) electrons. The Morgan fingerprint density at radius 3 is 2.30 bits per heavy atom. The van der Waals surface area contributed by atoms with Crippen LogP contribution in [-0.4, -0.2) is 27.2 Å². The molecular weight excluding hydrogens is 420 g/mol. The number of anilines is 2. The molecule has 0 atom stereocenters. The molecule has 0 spiro atoms. The molecule has 0 fully saturated rings. The molecule has 3 aromatic carbocycles. The zero-order valence-electron chi connectivity index (χ0n) is 16.6. The van der Waals surface area contributed by atoms with E-state index < -0.39 is 10.0 Å². The second kappa shape index (κ2) is 9.69. The molecule has 2 N–H and O–H groups in total. The lowest BCUT2D eigenvalue weighted by Gasteiger charge is -2.10. The highest BCUT2D eigenvalue weighted by molar-refractivity contribution is 8.00. The quantitative estimate of drug-likeness (QED) is 0.501. The molecule has 0 saturated heterocycles. The lowest BCUT2D eigenvalue weighted by molar-refractivity contribution is -0.113. The molecule has 0 aliphatic rings. The van der Waals surface area contributed by atoms with E-state index in [1.54, 1.807) is 67.8 Å². The maximum absolute atomic E-state index is 12.5. The van der Waals surface area contributed by atoms with Crippen LogP contribution in [0.25, 0.3) is 0 Å². The van der Waals surface area contributed by atoms with E-state index in [2.05, 4.69) is 10.0 Å². The number of ether oxygens (including phenoxy) is 1. The molecule has 0 aromatic heterocycles. The first-order chi connectivity index (χ1) is 14.4. The Balaban J connectivity index is 1.56. The monoisotopic (exact) mass is 442 g/mol. The van der Waals surface area contributed by atoms with Crippen LogP contribution in [0.4, 0.5) is 11.4 Å². The number of carbonyl (C=O) groups excluding carboxylic acids is 1. The Labute approximate surface area is 180 Å². The van der Waals surface area contributed by atoms with Crippen molar-refractivity contribution in [2.24, 2.45) is 0 Å². The molecule has 30 heavy (non-hydrogen) atoms. The van der Waals surface area contributed by atoms with Crippen molar-refractivity contribution in [3.05, 3.63) is 78.4 Å². The van der Waals surface area contributed by atoms with Crippen LogP contribution in [0.5, 0.6) is 5.75 Å². The van der Waals surface area contributed by atoms with Gasteiger partial charge in [0.15, 0.2) is 0 Å². The summed E-state index contributed by atoms with van der Waals surface area (Å²) < 4.78 is 32.7. The van der Waals surface area contributed by atoms with Crippen molar-refractivity contribution >= 4 is 39.1 Å². The molecule has 1 amide bonds. The Kier molecular flexibility index (Phi) is 7.02. The molecular formula is C22H22N2O4S2. The van der Waals surface area contributed by atoms with Gasteiger partial charge in [0.05, 0.1) is 23.4 Å². The molecule has 0 saturated carbocycles. The third-order valence-corrected chi connectivity index (χ3v) is 6.60. The Hall–Kier alpha value is -2.97. The highest BCUT2D eigenvalue weighted by Gasteiger charge is 2.14. The topological polar surface area (TPSA) is 84.5 Å². The molecule has 3 rings (SSSR count). The van der Waals surface area contributed by atoms with E-state index in [-0.39, 0.29) is 16.6 Å². The summed E-state index contributed by atoms with van der Waals surface area (Å²) in [5.74, 6) is 0.654. The SMILES string of the molecule is COc1ccccc1NC(=O)CSc1ccc(NS(=O)(=O)c2ccc(C)cc2)cc1. The van der Waals surface area contributed by atoms with Crippen LogP contribution in [-0.2, 0) is 14.8 Å². The van der Waals surface area contributed by atoms with Gasteiger partial charge in [0.2, 0.25) is 5.91 Å². The zero-order chi connectivity index (χ0) is 21.6. The van der Waals surface area contributed by atoms with Crippen LogP contribution in [0.15, 0.2) is 82.6 Å². The second-order valence-corrected chi connectivity index (χ2v) is 9.21. The minimum Gasteiger partial charge on any atom is -0.495 e. The van der Waals surface area contributed by atoms with Crippen molar-refractivity contribution in [1.29, 1.82) is 0 Å². The van der Waals surface area contributed by atoms with Crippen molar-refractivity contribution in [3.63, 3.8) is 0 Å². The predicted octanol–water partition coefficient (Wildman–Crippen LogP) is 4.54. The number of thioether (sulfide) groups is 1. The predicted molar refractivity (Wildman–Crippen MR) is 121 cm³/mol. The van der Waals surface area contributed by atoms with Gasteiger partial charge in [0, 0.05) is 10.6 Å². The van der Waals surface area contributed by atoms with Gasteiger partial charge < -0.3 is 10.1 Å². The van der Waals surface area contributed by atoms with E-state index in [1.807, 2.05) is 19.1 Å². The molecule has 3 aromatic rings. The van der Waals surface area contributed by atoms with E-state index in [4.69, 9.17) is 4.74 Å². The molecule has 0 unspecified atom stereocenters. The van der Waals surface area contributed by atoms with Crippen LogP contribution in [0.1, 0.15) is 5.56 Å². The molecule has 0 heterocycles. The highest BCUT2D eigenvalue weighted by Crippen LogP contribution is 2.25. The van der Waals surface area contributed by atoms with Crippen LogP contribution >= 0.6 is 11.8 Å². The summed E-state index contributed by atoms with van der Waals surface area (Å²) >= 11 is 1.36. The molecule has 0 aliphatic carbocycles. The normalized spacial score (nSPS) is 11.0. The third-order valence-electron chi connectivity index (χ3n) is 4.19. The Morgan fingerprint density at radius 1 is 0.967 bits per heavy atom. The van der Waals surface area contributed by atoms with Crippen molar-refractivity contribution in [2.45, 2.75) is 16.7 Å². The molecule has 0 bridgehead atoms. The minimum absolute atomic E-state index is 0.159. The summed E-state index contributed by atoms with van der Waals surface area (Å²) in [5.41, 5.74) is 2.06. The number of methoxy groups -OCH3 is 1. The summed E-state index contributed by atoms with van der Waals surface area (Å²) in [6.07, 6.45) is 0. The highest BCUT2D eigenvalue weighted by atomic mass is 32.2. The van der Waals surface area contributed by atoms with E-state index >= 15 is 0 Å². The Bertz CT molecular complexity index is 1110. The van der Waals surface area contributed by atoms with Crippen LogP contribution in [0, 0.1) is 6.92 Å². The summed E-state index contributed by atoms with van der Waals surface area (Å²) in [7, 11) is -2.09. The zero-order valence-corrected chi connectivity index (χ0v) is 18.2. The van der Waals surface area contributed by atoms with Gasteiger partial charge in [-0.3, -0.25) is 9.52 Å². The maximum Gasteiger partial charge on any atom is 0.261 e. The van der Waals surface area contributed by atoms with Gasteiger partial charge in [-0.25, -0.2) is 8.42 Å². The van der Waals surface area contributed by atoms with Gasteiger partial charge in [-0.15, -0.1) is 11.8 Å². The van der Waals surface area contributed by atoms with Crippen LogP contribution in [0.3, 0.4) is 0 Å². The largest absolute Gasteiger partial charge is 0.495 e. The first kappa shape index (κ1) is 21.7. The molecule has 0 aliphatic heterocycles. The fourth-order valence-electron chi connectivity index (χ4n) is 2.63. The first-order valence-corrected chi connectivity index (χ1v) is 11.6. The van der Waals surface area contributed by atoms with E-state index in [0.717, 1.165) is 10.5 Å². The molecule has 8 heteroatoms. The number of para-hydroxylation sites is 2. The van der Waals surface area contributed by atoms with Crippen molar-refractivity contribution in [3.8, 4) is 5.75 Å². The fourth-order valence-corrected chi connectivity index (χ4v) is 4.39. The van der Waals surface area contributed by atoms with E-state index in [9.17, 15) is 13.2 Å². The van der Waals surface area contributed by atoms with Crippen molar-refractivity contribution in [2.75, 3.05) is 22.9 Å². The van der Waals surface area contributed by atoms with Gasteiger partial charge in [-0.1, -0.05) is 29.8 Å². The number of aryl methyl sites for hydroxylation is 1. The maximum atomic E-state index is 12.5. The Morgan fingerprint density at radius 2 is 1.63 bits per heavy atom. The lowest BCUT2D eigenvalue weighted by atomic mass is 10.2. The van der Waals surface area contributed by atoms with E-state index in [0.29, 0.717) is 17.1 Å². The molecule has 6 nitrogen and oxygen atoms in total.